The van der Waals surface area contributed by atoms with Crippen LogP contribution in [0.1, 0.15) is 49.7 Å². The van der Waals surface area contributed by atoms with E-state index in [1.807, 2.05) is 0 Å². The van der Waals surface area contributed by atoms with Crippen molar-refractivity contribution in [2.24, 2.45) is 5.92 Å². The van der Waals surface area contributed by atoms with Gasteiger partial charge in [-0.3, -0.25) is 0 Å². The highest BCUT2D eigenvalue weighted by molar-refractivity contribution is 5.63. The van der Waals surface area contributed by atoms with E-state index in [0.717, 1.165) is 25.4 Å². The number of hydrogen-bond acceptors (Lipinski definition) is 2. The molecule has 0 atom stereocenters. The van der Waals surface area contributed by atoms with Gasteiger partial charge in [-0.15, -0.1) is 0 Å². The molecule has 0 radical (unpaired) electrons. The Morgan fingerprint density at radius 2 is 1.26 bits per heavy atom. The number of nitrogens with zero attached hydrogens (tertiary/aromatic N) is 1. The molecule has 0 amide bonds. The number of unbranched alkanes of at least 4 members (excludes halogenated alkanes) is 1. The van der Waals surface area contributed by atoms with Crippen molar-refractivity contribution in [3.63, 3.8) is 0 Å². The number of likely N-dealkylation sites (tertiary alicyclic amines) is 1. The van der Waals surface area contributed by atoms with Crippen LogP contribution in [0.25, 0.3) is 11.1 Å². The molecular weight excluding hydrogens is 412 g/mol. The zero-order valence-corrected chi connectivity index (χ0v) is 20.8. The van der Waals surface area contributed by atoms with Gasteiger partial charge in [0, 0.05) is 0 Å². The van der Waals surface area contributed by atoms with Crippen molar-refractivity contribution < 1.29 is 0 Å². The third kappa shape index (κ3) is 8.42. The molecule has 0 unspecified atom stereocenters. The van der Waals surface area contributed by atoms with Crippen molar-refractivity contribution in [3.8, 4) is 11.1 Å². The Hall–Kier alpha value is -2.42. The summed E-state index contributed by atoms with van der Waals surface area (Å²) in [4.78, 5) is 2.70. The molecular formula is C32H42N2. The summed E-state index contributed by atoms with van der Waals surface area (Å²) >= 11 is 0. The molecule has 0 aromatic heterocycles. The number of hydrogen-bond donors (Lipinski definition) is 1. The van der Waals surface area contributed by atoms with Crippen LogP contribution in [0.2, 0.25) is 0 Å². The molecule has 1 aliphatic rings. The monoisotopic (exact) mass is 454 g/mol. The van der Waals surface area contributed by atoms with E-state index in [-0.39, 0.29) is 0 Å². The van der Waals surface area contributed by atoms with Gasteiger partial charge < -0.3 is 10.2 Å². The number of nitrogens with one attached hydrogen (secondary N) is 1. The first-order valence-corrected chi connectivity index (χ1v) is 13.5. The normalized spacial score (nSPS) is 14.9. The Labute approximate surface area is 207 Å². The van der Waals surface area contributed by atoms with Crippen molar-refractivity contribution in [2.45, 2.75) is 51.4 Å². The molecule has 1 N–H and O–H groups in total. The highest BCUT2D eigenvalue weighted by Gasteiger charge is 2.18. The molecule has 34 heavy (non-hydrogen) atoms. The zero-order valence-electron chi connectivity index (χ0n) is 20.8. The van der Waals surface area contributed by atoms with E-state index in [1.54, 1.807) is 0 Å². The fraction of sp³-hybridized carbons (Fsp3) is 0.438. The van der Waals surface area contributed by atoms with Crippen molar-refractivity contribution in [3.05, 3.63) is 96.1 Å². The van der Waals surface area contributed by atoms with Gasteiger partial charge in [-0.2, -0.15) is 0 Å². The second-order valence-electron chi connectivity index (χ2n) is 9.93. The lowest BCUT2D eigenvalue weighted by Crippen LogP contribution is -2.34. The first kappa shape index (κ1) is 24.7. The average molecular weight is 455 g/mol. The molecule has 1 saturated heterocycles. The highest BCUT2D eigenvalue weighted by atomic mass is 15.1. The van der Waals surface area contributed by atoms with Gasteiger partial charge in [-0.25, -0.2) is 0 Å². The average Bonchev–Trinajstić information content (AvgIpc) is 2.90. The summed E-state index contributed by atoms with van der Waals surface area (Å²) < 4.78 is 0. The molecule has 0 bridgehead atoms. The predicted molar refractivity (Wildman–Crippen MR) is 146 cm³/mol. The van der Waals surface area contributed by atoms with Gasteiger partial charge >= 0.3 is 0 Å². The van der Waals surface area contributed by atoms with Crippen LogP contribution in [0.3, 0.4) is 0 Å². The molecule has 3 aromatic rings. The highest BCUT2D eigenvalue weighted by Crippen LogP contribution is 2.23. The fourth-order valence-corrected chi connectivity index (χ4v) is 5.18. The first-order chi connectivity index (χ1) is 16.9. The quantitative estimate of drug-likeness (QED) is 0.280. The van der Waals surface area contributed by atoms with Crippen molar-refractivity contribution >= 4 is 0 Å². The Bertz CT molecular complexity index is 912. The molecule has 1 fully saturated rings. The third-order valence-corrected chi connectivity index (χ3v) is 7.36. The van der Waals surface area contributed by atoms with E-state index in [0.29, 0.717) is 0 Å². The molecule has 1 aliphatic heterocycles. The maximum absolute atomic E-state index is 3.64. The maximum Gasteiger partial charge on any atom is -0.000835 e. The molecule has 0 saturated carbocycles. The van der Waals surface area contributed by atoms with Crippen molar-refractivity contribution in [1.82, 2.24) is 10.2 Å². The summed E-state index contributed by atoms with van der Waals surface area (Å²) in [6, 6.07) is 30.6. The van der Waals surface area contributed by atoms with Crippen molar-refractivity contribution in [1.29, 1.82) is 0 Å². The molecule has 1 heterocycles. The number of benzene rings is 3. The number of piperidine rings is 1. The third-order valence-electron chi connectivity index (χ3n) is 7.36. The Kier molecular flexibility index (Phi) is 10.2. The van der Waals surface area contributed by atoms with Crippen LogP contribution in [-0.4, -0.2) is 37.6 Å². The van der Waals surface area contributed by atoms with E-state index in [2.05, 4.69) is 95.1 Å². The smallest absolute Gasteiger partial charge is 0.000835 e. The van der Waals surface area contributed by atoms with Gasteiger partial charge in [0.05, 0.1) is 0 Å². The predicted octanol–water partition coefficient (Wildman–Crippen LogP) is 7.00. The number of rotatable bonds is 13. The van der Waals surface area contributed by atoms with E-state index >= 15 is 0 Å². The molecule has 3 aromatic carbocycles. The fourth-order valence-electron chi connectivity index (χ4n) is 5.18. The summed E-state index contributed by atoms with van der Waals surface area (Å²) in [5.41, 5.74) is 5.50. The largest absolute Gasteiger partial charge is 0.316 e. The van der Waals surface area contributed by atoms with Crippen LogP contribution in [0, 0.1) is 5.92 Å². The van der Waals surface area contributed by atoms with Crippen molar-refractivity contribution in [2.75, 3.05) is 32.7 Å². The first-order valence-electron chi connectivity index (χ1n) is 13.5. The van der Waals surface area contributed by atoms with Crippen LogP contribution < -0.4 is 5.32 Å². The molecule has 4 rings (SSSR count). The van der Waals surface area contributed by atoms with Crippen LogP contribution >= 0.6 is 0 Å². The Morgan fingerprint density at radius 3 is 2.00 bits per heavy atom. The minimum atomic E-state index is 0.948. The summed E-state index contributed by atoms with van der Waals surface area (Å²) in [7, 11) is 0. The van der Waals surface area contributed by atoms with Gasteiger partial charge in [0.25, 0.3) is 0 Å². The topological polar surface area (TPSA) is 15.3 Å². The number of aryl methyl sites for hydroxylation is 1. The standard InChI is InChI=1S/C32H42N2/c1-3-10-28(11-4-1)12-9-13-29-21-26-34(27-22-29)25-8-7-23-33-24-20-30-16-18-32(19-17-30)31-14-5-2-6-15-31/h1-6,10-11,14-19,29,33H,7-9,12-13,20-27H2. The summed E-state index contributed by atoms with van der Waals surface area (Å²) in [6.45, 7) is 6.10. The van der Waals surface area contributed by atoms with Crippen LogP contribution in [0.15, 0.2) is 84.9 Å². The summed E-state index contributed by atoms with van der Waals surface area (Å²) in [5, 5.41) is 3.64. The van der Waals surface area contributed by atoms with E-state index in [9.17, 15) is 0 Å². The summed E-state index contributed by atoms with van der Waals surface area (Å²) in [6.07, 6.45) is 10.5. The molecule has 0 aliphatic carbocycles. The SMILES string of the molecule is c1ccc(CCCC2CCN(CCCCNCCc3ccc(-c4ccccc4)cc3)CC2)cc1. The molecule has 2 heteroatoms. The van der Waals surface area contributed by atoms with Gasteiger partial charge in [0.2, 0.25) is 0 Å². The molecule has 180 valence electrons. The lowest BCUT2D eigenvalue weighted by Gasteiger charge is -2.32. The maximum atomic E-state index is 3.64. The Balaban J connectivity index is 0.997. The molecule has 0 spiro atoms. The van der Waals surface area contributed by atoms with Crippen LogP contribution in [0.4, 0.5) is 0 Å². The van der Waals surface area contributed by atoms with Gasteiger partial charge in [0.1, 0.15) is 0 Å². The second kappa shape index (κ2) is 14.1. The van der Waals surface area contributed by atoms with Gasteiger partial charge in [-0.1, -0.05) is 91.3 Å². The Morgan fingerprint density at radius 1 is 0.618 bits per heavy atom. The van der Waals surface area contributed by atoms with E-state index in [1.165, 1.54) is 86.8 Å². The zero-order chi connectivity index (χ0) is 23.3. The lowest BCUT2D eigenvalue weighted by molar-refractivity contribution is 0.175. The van der Waals surface area contributed by atoms with Crippen LogP contribution in [-0.2, 0) is 12.8 Å². The molecule has 2 nitrogen and oxygen atoms in total. The van der Waals surface area contributed by atoms with E-state index < -0.39 is 0 Å². The second-order valence-corrected chi connectivity index (χ2v) is 9.93. The van der Waals surface area contributed by atoms with E-state index in [4.69, 9.17) is 0 Å². The minimum Gasteiger partial charge on any atom is -0.316 e. The lowest BCUT2D eigenvalue weighted by atomic mass is 9.90. The van der Waals surface area contributed by atoms with Gasteiger partial charge in [-0.05, 0) is 106 Å². The summed E-state index contributed by atoms with van der Waals surface area (Å²) in [5.74, 6) is 0.948. The van der Waals surface area contributed by atoms with Gasteiger partial charge in [0.15, 0.2) is 0 Å². The van der Waals surface area contributed by atoms with Crippen LogP contribution in [0.5, 0.6) is 0 Å². The minimum absolute atomic E-state index is 0.948.